The number of aliphatic carboxylic acids is 1. The molecule has 0 aromatic heterocycles. The Kier molecular flexibility index (Phi) is 6.14. The van der Waals surface area contributed by atoms with Crippen molar-refractivity contribution >= 4 is 18.0 Å². The molecule has 1 aliphatic carbocycles. The summed E-state index contributed by atoms with van der Waals surface area (Å²) in [4.78, 5) is 39.7. The number of alkyl carbamates (subject to hydrolysis) is 1. The number of amides is 2. The lowest BCUT2D eigenvalue weighted by atomic mass is 9.98. The molecule has 1 unspecified atom stereocenters. The number of carbonyl (C=O) groups excluding carboxylic acids is 2. The van der Waals surface area contributed by atoms with Gasteiger partial charge < -0.3 is 25.0 Å². The molecular weight excluding hydrogens is 410 g/mol. The number of nitrogens with zero attached hydrogens (tertiary/aromatic N) is 2. The van der Waals surface area contributed by atoms with Crippen LogP contribution in [0.15, 0.2) is 48.5 Å². The number of rotatable bonds is 7. The second-order valence-electron chi connectivity index (χ2n) is 8.56. The standard InChI is InChI=1S/C24H27N3O5/c1-26(2)13-21(22(28)27-11-15(12-27)23(29)30)25-24(31)32-14-20-18-9-5-3-7-16(18)17-8-4-6-10-19(17)20/h3-10,15,20-21H,11-14H2,1-2H3,(H,25,31)(H,29,30). The Bertz CT molecular complexity index is 986. The van der Waals surface area contributed by atoms with Crippen LogP contribution in [0.4, 0.5) is 4.79 Å². The van der Waals surface area contributed by atoms with Gasteiger partial charge in [-0.05, 0) is 36.3 Å². The van der Waals surface area contributed by atoms with Crippen LogP contribution < -0.4 is 5.32 Å². The predicted octanol–water partition coefficient (Wildman–Crippen LogP) is 2.00. The molecule has 1 fully saturated rings. The third-order valence-corrected chi connectivity index (χ3v) is 6.02. The molecule has 1 atom stereocenters. The molecule has 8 heteroatoms. The van der Waals surface area contributed by atoms with Crippen molar-refractivity contribution in [2.75, 3.05) is 40.3 Å². The van der Waals surface area contributed by atoms with E-state index in [0.29, 0.717) is 0 Å². The molecule has 2 aliphatic rings. The van der Waals surface area contributed by atoms with Gasteiger partial charge in [-0.3, -0.25) is 9.59 Å². The topological polar surface area (TPSA) is 99.2 Å². The van der Waals surface area contributed by atoms with Gasteiger partial charge in [0, 0.05) is 25.6 Å². The van der Waals surface area contributed by atoms with Gasteiger partial charge in [0.2, 0.25) is 5.91 Å². The Morgan fingerprint density at radius 1 is 1.06 bits per heavy atom. The average molecular weight is 437 g/mol. The molecule has 0 bridgehead atoms. The van der Waals surface area contributed by atoms with Crippen LogP contribution in [0.3, 0.4) is 0 Å². The third-order valence-electron chi connectivity index (χ3n) is 6.02. The number of hydrogen-bond acceptors (Lipinski definition) is 5. The summed E-state index contributed by atoms with van der Waals surface area (Å²) in [5, 5.41) is 11.7. The van der Waals surface area contributed by atoms with Crippen LogP contribution in [0, 0.1) is 5.92 Å². The van der Waals surface area contributed by atoms with Crippen LogP contribution in [0.2, 0.25) is 0 Å². The molecule has 1 heterocycles. The maximum atomic E-state index is 12.8. The van der Waals surface area contributed by atoms with Gasteiger partial charge in [0.1, 0.15) is 12.6 Å². The lowest BCUT2D eigenvalue weighted by Gasteiger charge is -2.39. The largest absolute Gasteiger partial charge is 0.481 e. The Balaban J connectivity index is 1.40. The van der Waals surface area contributed by atoms with Gasteiger partial charge in [-0.25, -0.2) is 4.79 Å². The molecule has 0 radical (unpaired) electrons. The van der Waals surface area contributed by atoms with Gasteiger partial charge in [0.15, 0.2) is 0 Å². The van der Waals surface area contributed by atoms with Crippen molar-refractivity contribution in [2.45, 2.75) is 12.0 Å². The highest BCUT2D eigenvalue weighted by atomic mass is 16.5. The van der Waals surface area contributed by atoms with Crippen LogP contribution >= 0.6 is 0 Å². The fourth-order valence-corrected chi connectivity index (χ4v) is 4.37. The minimum absolute atomic E-state index is 0.0668. The molecule has 1 saturated heterocycles. The summed E-state index contributed by atoms with van der Waals surface area (Å²) >= 11 is 0. The first-order valence-electron chi connectivity index (χ1n) is 10.6. The van der Waals surface area contributed by atoms with Crippen LogP contribution in [-0.4, -0.2) is 79.3 Å². The highest BCUT2D eigenvalue weighted by Gasteiger charge is 2.39. The number of ether oxygens (including phenoxy) is 1. The predicted molar refractivity (Wildman–Crippen MR) is 118 cm³/mol. The number of carboxylic acid groups (broad SMARTS) is 1. The molecule has 2 amide bonds. The molecule has 1 aliphatic heterocycles. The average Bonchev–Trinajstić information content (AvgIpc) is 3.04. The Morgan fingerprint density at radius 2 is 1.62 bits per heavy atom. The minimum atomic E-state index is -0.914. The number of likely N-dealkylation sites (tertiary alicyclic amines) is 1. The van der Waals surface area contributed by atoms with Gasteiger partial charge in [0.25, 0.3) is 0 Å². The fraction of sp³-hybridized carbons (Fsp3) is 0.375. The molecule has 0 spiro atoms. The molecule has 168 valence electrons. The summed E-state index contributed by atoms with van der Waals surface area (Å²) in [7, 11) is 3.60. The molecule has 8 nitrogen and oxygen atoms in total. The lowest BCUT2D eigenvalue weighted by molar-refractivity contribution is -0.153. The number of likely N-dealkylation sites (N-methyl/N-ethyl adjacent to an activating group) is 1. The van der Waals surface area contributed by atoms with E-state index >= 15 is 0 Å². The van der Waals surface area contributed by atoms with Crippen LogP contribution in [0.25, 0.3) is 11.1 Å². The Morgan fingerprint density at radius 3 is 2.16 bits per heavy atom. The van der Waals surface area contributed by atoms with Crippen molar-refractivity contribution in [3.63, 3.8) is 0 Å². The second kappa shape index (κ2) is 9.00. The zero-order chi connectivity index (χ0) is 22.8. The number of carboxylic acids is 1. The monoisotopic (exact) mass is 437 g/mol. The quantitative estimate of drug-likeness (QED) is 0.688. The highest BCUT2D eigenvalue weighted by Crippen LogP contribution is 2.44. The number of carbonyl (C=O) groups is 3. The van der Waals surface area contributed by atoms with E-state index < -0.39 is 24.0 Å². The second-order valence-corrected chi connectivity index (χ2v) is 8.56. The van der Waals surface area contributed by atoms with Gasteiger partial charge in [-0.1, -0.05) is 48.5 Å². The SMILES string of the molecule is CN(C)CC(NC(=O)OCC1c2ccccc2-c2ccccc21)C(=O)N1CC(C(=O)O)C1. The molecule has 2 N–H and O–H groups in total. The van der Waals surface area contributed by atoms with Crippen LogP contribution in [-0.2, 0) is 14.3 Å². The molecular formula is C24H27N3O5. The maximum absolute atomic E-state index is 12.8. The van der Waals surface area contributed by atoms with E-state index in [1.807, 2.05) is 36.4 Å². The van der Waals surface area contributed by atoms with E-state index in [4.69, 9.17) is 9.84 Å². The van der Waals surface area contributed by atoms with Crippen molar-refractivity contribution < 1.29 is 24.2 Å². The zero-order valence-corrected chi connectivity index (χ0v) is 18.2. The summed E-state index contributed by atoms with van der Waals surface area (Å²) in [5.74, 6) is -1.83. The van der Waals surface area contributed by atoms with Gasteiger partial charge in [-0.15, -0.1) is 0 Å². The summed E-state index contributed by atoms with van der Waals surface area (Å²) in [6.45, 7) is 0.764. The van der Waals surface area contributed by atoms with E-state index in [-0.39, 0.29) is 38.1 Å². The zero-order valence-electron chi connectivity index (χ0n) is 18.2. The normalized spacial score (nSPS) is 16.2. The van der Waals surface area contributed by atoms with Crippen LogP contribution in [0.5, 0.6) is 0 Å². The highest BCUT2D eigenvalue weighted by molar-refractivity contribution is 5.88. The van der Waals surface area contributed by atoms with Gasteiger partial charge in [-0.2, -0.15) is 0 Å². The van der Waals surface area contributed by atoms with Crippen molar-refractivity contribution in [3.05, 3.63) is 59.7 Å². The van der Waals surface area contributed by atoms with E-state index in [1.54, 1.807) is 19.0 Å². The number of nitrogens with one attached hydrogen (secondary N) is 1. The number of fused-ring (bicyclic) bond motifs is 3. The van der Waals surface area contributed by atoms with E-state index in [9.17, 15) is 14.4 Å². The first-order chi connectivity index (χ1) is 15.3. The minimum Gasteiger partial charge on any atom is -0.481 e. The van der Waals surface area contributed by atoms with Crippen molar-refractivity contribution in [2.24, 2.45) is 5.92 Å². The molecule has 32 heavy (non-hydrogen) atoms. The van der Waals surface area contributed by atoms with Gasteiger partial charge in [0.05, 0.1) is 5.92 Å². The lowest BCUT2D eigenvalue weighted by Crippen LogP contribution is -2.60. The summed E-state index contributed by atoms with van der Waals surface area (Å²) < 4.78 is 5.56. The number of benzene rings is 2. The third kappa shape index (κ3) is 4.31. The maximum Gasteiger partial charge on any atom is 0.407 e. The van der Waals surface area contributed by atoms with Gasteiger partial charge >= 0.3 is 12.1 Å². The summed E-state index contributed by atoms with van der Waals surface area (Å²) in [6.07, 6.45) is -0.664. The summed E-state index contributed by atoms with van der Waals surface area (Å²) in [5.41, 5.74) is 4.51. The molecule has 0 saturated carbocycles. The molecule has 2 aromatic rings. The van der Waals surface area contributed by atoms with Crippen LogP contribution in [0.1, 0.15) is 17.0 Å². The Hall–Kier alpha value is -3.39. The number of hydrogen-bond donors (Lipinski definition) is 2. The molecule has 4 rings (SSSR count). The first kappa shape index (κ1) is 21.8. The Labute approximate surface area is 186 Å². The van der Waals surface area contributed by atoms with E-state index in [0.717, 1.165) is 22.3 Å². The smallest absolute Gasteiger partial charge is 0.407 e. The van der Waals surface area contributed by atoms with E-state index in [1.165, 1.54) is 4.90 Å². The van der Waals surface area contributed by atoms with Crippen molar-refractivity contribution in [3.8, 4) is 11.1 Å². The fourth-order valence-electron chi connectivity index (χ4n) is 4.37. The van der Waals surface area contributed by atoms with Crippen molar-refractivity contribution in [1.82, 2.24) is 15.1 Å². The van der Waals surface area contributed by atoms with Crippen molar-refractivity contribution in [1.29, 1.82) is 0 Å². The first-order valence-corrected chi connectivity index (χ1v) is 10.6. The summed E-state index contributed by atoms with van der Waals surface area (Å²) in [6, 6.07) is 15.3. The van der Waals surface area contributed by atoms with E-state index in [2.05, 4.69) is 17.4 Å². The molecule has 2 aromatic carbocycles.